The van der Waals surface area contributed by atoms with E-state index in [1.165, 1.54) is 6.42 Å². The number of rotatable bonds is 1. The normalized spacial score (nSPS) is 52.2. The average molecular weight is 138 g/mol. The summed E-state index contributed by atoms with van der Waals surface area (Å²) in [5.41, 5.74) is 0. The van der Waals surface area contributed by atoms with Crippen molar-refractivity contribution < 1.29 is 0 Å². The van der Waals surface area contributed by atoms with Crippen LogP contribution in [0.15, 0.2) is 0 Å². The predicted molar refractivity (Wildman–Crippen MR) is 43.8 cm³/mol. The second kappa shape index (κ2) is 2.25. The first-order chi connectivity index (χ1) is 4.83. The third-order valence-electron chi connectivity index (χ3n) is 4.01. The van der Waals surface area contributed by atoms with E-state index in [9.17, 15) is 0 Å². The minimum absolute atomic E-state index is 1.06. The lowest BCUT2D eigenvalue weighted by Gasteiger charge is -2.26. The molecule has 58 valence electrons. The molecule has 0 nitrogen and oxygen atoms in total. The van der Waals surface area contributed by atoms with Gasteiger partial charge >= 0.3 is 0 Å². The Labute approximate surface area is 64.0 Å². The molecule has 2 aliphatic rings. The van der Waals surface area contributed by atoms with Crippen LogP contribution in [0, 0.1) is 23.7 Å². The van der Waals surface area contributed by atoms with Gasteiger partial charge < -0.3 is 0 Å². The van der Waals surface area contributed by atoms with Gasteiger partial charge in [-0.3, -0.25) is 0 Å². The van der Waals surface area contributed by atoms with Gasteiger partial charge in [0.1, 0.15) is 0 Å². The monoisotopic (exact) mass is 138 g/mol. The molecule has 2 bridgehead atoms. The van der Waals surface area contributed by atoms with Crippen LogP contribution in [-0.2, 0) is 0 Å². The second-order valence-corrected chi connectivity index (χ2v) is 4.26. The lowest BCUT2D eigenvalue weighted by atomic mass is 9.79. The van der Waals surface area contributed by atoms with Crippen molar-refractivity contribution in [3.8, 4) is 0 Å². The maximum atomic E-state index is 2.47. The van der Waals surface area contributed by atoms with Crippen molar-refractivity contribution in [2.75, 3.05) is 0 Å². The molecule has 2 rings (SSSR count). The molecule has 0 heteroatoms. The zero-order chi connectivity index (χ0) is 7.14. The fraction of sp³-hybridized carbons (Fsp3) is 1.00. The molecule has 0 aromatic rings. The summed E-state index contributed by atoms with van der Waals surface area (Å²) in [6.07, 6.45) is 6.10. The van der Waals surface area contributed by atoms with Crippen LogP contribution in [0.2, 0.25) is 0 Å². The molecular weight excluding hydrogens is 120 g/mol. The predicted octanol–water partition coefficient (Wildman–Crippen LogP) is 3.08. The van der Waals surface area contributed by atoms with Gasteiger partial charge in [0.15, 0.2) is 0 Å². The molecule has 10 heavy (non-hydrogen) atoms. The molecule has 0 aromatic carbocycles. The Morgan fingerprint density at radius 3 is 2.30 bits per heavy atom. The second-order valence-electron chi connectivity index (χ2n) is 4.26. The highest BCUT2D eigenvalue weighted by Gasteiger charge is 2.43. The van der Waals surface area contributed by atoms with Gasteiger partial charge in [-0.05, 0) is 42.9 Å². The van der Waals surface area contributed by atoms with Crippen LogP contribution < -0.4 is 0 Å². The maximum absolute atomic E-state index is 2.47. The summed E-state index contributed by atoms with van der Waals surface area (Å²) in [6, 6.07) is 0. The molecule has 4 atom stereocenters. The third kappa shape index (κ3) is 0.741. The van der Waals surface area contributed by atoms with E-state index in [4.69, 9.17) is 0 Å². The minimum Gasteiger partial charge on any atom is -0.0651 e. The zero-order valence-electron chi connectivity index (χ0n) is 7.14. The van der Waals surface area contributed by atoms with E-state index in [2.05, 4.69) is 13.8 Å². The van der Waals surface area contributed by atoms with E-state index >= 15 is 0 Å². The highest BCUT2D eigenvalue weighted by Crippen LogP contribution is 2.52. The fourth-order valence-corrected chi connectivity index (χ4v) is 3.40. The maximum Gasteiger partial charge on any atom is -0.0360 e. The Kier molecular flexibility index (Phi) is 1.51. The fourth-order valence-electron chi connectivity index (χ4n) is 3.40. The molecule has 2 unspecified atom stereocenters. The van der Waals surface area contributed by atoms with Gasteiger partial charge in [0.2, 0.25) is 0 Å². The molecule has 0 aromatic heterocycles. The summed E-state index contributed by atoms with van der Waals surface area (Å²) in [6.45, 7) is 4.83. The summed E-state index contributed by atoms with van der Waals surface area (Å²) in [4.78, 5) is 0. The zero-order valence-corrected chi connectivity index (χ0v) is 7.14. The lowest BCUT2D eigenvalue weighted by molar-refractivity contribution is 0.233. The van der Waals surface area contributed by atoms with Crippen LogP contribution in [-0.4, -0.2) is 0 Å². The molecule has 0 N–H and O–H groups in total. The summed E-state index contributed by atoms with van der Waals surface area (Å²) in [7, 11) is 0. The van der Waals surface area contributed by atoms with E-state index in [0.717, 1.165) is 23.7 Å². The summed E-state index contributed by atoms with van der Waals surface area (Å²) in [5, 5.41) is 0. The SMILES string of the molecule is CC[C@H]1C2CCC(C2)[C@H]1C. The van der Waals surface area contributed by atoms with Crippen molar-refractivity contribution in [2.45, 2.75) is 39.5 Å². The van der Waals surface area contributed by atoms with Crippen LogP contribution in [0.25, 0.3) is 0 Å². The molecule has 2 aliphatic carbocycles. The van der Waals surface area contributed by atoms with Crippen LogP contribution in [0.3, 0.4) is 0 Å². The molecule has 0 radical (unpaired) electrons. The van der Waals surface area contributed by atoms with Crippen LogP contribution in [0.4, 0.5) is 0 Å². The molecule has 0 heterocycles. The molecular formula is C10H18. The Balaban J connectivity index is 2.10. The van der Waals surface area contributed by atoms with Gasteiger partial charge in [0.25, 0.3) is 0 Å². The molecule has 2 saturated carbocycles. The molecule has 0 aliphatic heterocycles. The van der Waals surface area contributed by atoms with E-state index in [1.807, 2.05) is 0 Å². The van der Waals surface area contributed by atoms with Gasteiger partial charge in [-0.25, -0.2) is 0 Å². The van der Waals surface area contributed by atoms with Crippen LogP contribution in [0.5, 0.6) is 0 Å². The first-order valence-corrected chi connectivity index (χ1v) is 4.83. The number of hydrogen-bond donors (Lipinski definition) is 0. The van der Waals surface area contributed by atoms with Crippen molar-refractivity contribution in [1.82, 2.24) is 0 Å². The Hall–Kier alpha value is 0. The van der Waals surface area contributed by atoms with E-state index in [0.29, 0.717) is 0 Å². The van der Waals surface area contributed by atoms with Gasteiger partial charge in [0, 0.05) is 0 Å². The highest BCUT2D eigenvalue weighted by atomic mass is 14.5. The van der Waals surface area contributed by atoms with Gasteiger partial charge in [-0.2, -0.15) is 0 Å². The number of hydrogen-bond acceptors (Lipinski definition) is 0. The van der Waals surface area contributed by atoms with Crippen molar-refractivity contribution >= 4 is 0 Å². The summed E-state index contributed by atoms with van der Waals surface area (Å²) in [5.74, 6) is 4.41. The van der Waals surface area contributed by atoms with Crippen molar-refractivity contribution in [3.63, 3.8) is 0 Å². The van der Waals surface area contributed by atoms with Crippen LogP contribution >= 0.6 is 0 Å². The topological polar surface area (TPSA) is 0 Å². The van der Waals surface area contributed by atoms with E-state index in [1.54, 1.807) is 19.3 Å². The Morgan fingerprint density at radius 2 is 1.90 bits per heavy atom. The Bertz CT molecular complexity index is 126. The molecule has 2 fully saturated rings. The Morgan fingerprint density at radius 1 is 1.20 bits per heavy atom. The number of fused-ring (bicyclic) bond motifs is 2. The summed E-state index contributed by atoms with van der Waals surface area (Å²) < 4.78 is 0. The quantitative estimate of drug-likeness (QED) is 0.522. The van der Waals surface area contributed by atoms with Crippen molar-refractivity contribution in [1.29, 1.82) is 0 Å². The van der Waals surface area contributed by atoms with Crippen LogP contribution in [0.1, 0.15) is 39.5 Å². The van der Waals surface area contributed by atoms with Crippen molar-refractivity contribution in [3.05, 3.63) is 0 Å². The van der Waals surface area contributed by atoms with Gasteiger partial charge in [0.05, 0.1) is 0 Å². The van der Waals surface area contributed by atoms with E-state index in [-0.39, 0.29) is 0 Å². The lowest BCUT2D eigenvalue weighted by Crippen LogP contribution is -2.18. The smallest absolute Gasteiger partial charge is 0.0360 e. The average Bonchev–Trinajstić information content (AvgIpc) is 2.46. The molecule has 0 amide bonds. The highest BCUT2D eigenvalue weighted by molar-refractivity contribution is 4.93. The minimum atomic E-state index is 1.06. The van der Waals surface area contributed by atoms with Gasteiger partial charge in [-0.1, -0.05) is 20.3 Å². The standard InChI is InChI=1S/C10H18/c1-3-10-7(2)8-4-5-9(10)6-8/h7-10H,3-6H2,1-2H3/t7-,8?,9?,10-/m1/s1. The molecule has 0 spiro atoms. The first-order valence-electron chi connectivity index (χ1n) is 4.83. The summed E-state index contributed by atoms with van der Waals surface area (Å²) >= 11 is 0. The molecule has 0 saturated heterocycles. The first kappa shape index (κ1) is 6.69. The van der Waals surface area contributed by atoms with Gasteiger partial charge in [-0.15, -0.1) is 0 Å². The van der Waals surface area contributed by atoms with E-state index < -0.39 is 0 Å². The van der Waals surface area contributed by atoms with Crippen molar-refractivity contribution in [2.24, 2.45) is 23.7 Å². The largest absolute Gasteiger partial charge is 0.0651 e. The third-order valence-corrected chi connectivity index (χ3v) is 4.01.